The van der Waals surface area contributed by atoms with Gasteiger partial charge in [-0.25, -0.2) is 4.39 Å². The van der Waals surface area contributed by atoms with Crippen molar-refractivity contribution in [3.63, 3.8) is 0 Å². The fourth-order valence-electron chi connectivity index (χ4n) is 0.821. The van der Waals surface area contributed by atoms with Crippen molar-refractivity contribution in [3.05, 3.63) is 11.9 Å². The molecule has 1 aliphatic heterocycles. The minimum atomic E-state index is -1.17. The maximum Gasteiger partial charge on any atom is 0.174 e. The van der Waals surface area contributed by atoms with Gasteiger partial charge in [0.25, 0.3) is 0 Å². The third-order valence-electron chi connectivity index (χ3n) is 1.47. The van der Waals surface area contributed by atoms with Crippen molar-refractivity contribution in [2.24, 2.45) is 5.73 Å². The Morgan fingerprint density at radius 3 is 2.82 bits per heavy atom. The lowest BCUT2D eigenvalue weighted by molar-refractivity contribution is -0.125. The van der Waals surface area contributed by atoms with Crippen LogP contribution < -0.4 is 11.1 Å². The minimum Gasteiger partial charge on any atom is -0.401 e. The van der Waals surface area contributed by atoms with Gasteiger partial charge in [-0.1, -0.05) is 0 Å². The van der Waals surface area contributed by atoms with Gasteiger partial charge in [-0.3, -0.25) is 0 Å². The molecule has 0 amide bonds. The predicted molar refractivity (Wildman–Crippen MR) is 40.6 cm³/mol. The van der Waals surface area contributed by atoms with Gasteiger partial charge in [0.05, 0.1) is 19.8 Å². The van der Waals surface area contributed by atoms with Crippen LogP contribution >= 0.6 is 0 Å². The number of halogens is 1. The van der Waals surface area contributed by atoms with Crippen LogP contribution in [0.15, 0.2) is 11.9 Å². The van der Waals surface area contributed by atoms with E-state index < -0.39 is 5.67 Å². The van der Waals surface area contributed by atoms with Crippen molar-refractivity contribution in [1.29, 1.82) is 0 Å². The van der Waals surface area contributed by atoms with Gasteiger partial charge < -0.3 is 15.8 Å². The smallest absolute Gasteiger partial charge is 0.174 e. The summed E-state index contributed by atoms with van der Waals surface area (Å²) >= 11 is 0. The van der Waals surface area contributed by atoms with Crippen molar-refractivity contribution in [3.8, 4) is 0 Å². The third-order valence-corrected chi connectivity index (χ3v) is 1.47. The SMILES string of the molecule is C/C(N)=C/NCC1(F)COC1. The molecule has 0 aromatic carbocycles. The minimum absolute atomic E-state index is 0.192. The zero-order valence-corrected chi connectivity index (χ0v) is 6.56. The third kappa shape index (κ3) is 2.38. The van der Waals surface area contributed by atoms with E-state index in [9.17, 15) is 4.39 Å². The van der Waals surface area contributed by atoms with Gasteiger partial charge >= 0.3 is 0 Å². The van der Waals surface area contributed by atoms with Crippen LogP contribution in [-0.2, 0) is 4.74 Å². The molecule has 1 heterocycles. The first-order valence-electron chi connectivity index (χ1n) is 3.55. The van der Waals surface area contributed by atoms with E-state index in [1.807, 2.05) is 0 Å². The molecule has 3 N–H and O–H groups in total. The van der Waals surface area contributed by atoms with Crippen LogP contribution in [0.2, 0.25) is 0 Å². The lowest BCUT2D eigenvalue weighted by Crippen LogP contribution is -2.51. The average molecular weight is 160 g/mol. The molecule has 3 nitrogen and oxygen atoms in total. The van der Waals surface area contributed by atoms with Gasteiger partial charge in [0, 0.05) is 11.9 Å². The topological polar surface area (TPSA) is 47.3 Å². The Morgan fingerprint density at radius 2 is 2.45 bits per heavy atom. The highest BCUT2D eigenvalue weighted by Crippen LogP contribution is 2.20. The monoisotopic (exact) mass is 160 g/mol. The van der Waals surface area contributed by atoms with E-state index in [1.165, 1.54) is 0 Å². The molecule has 0 aromatic rings. The maximum atomic E-state index is 13.1. The molecule has 0 radical (unpaired) electrons. The normalized spacial score (nSPS) is 22.5. The lowest BCUT2D eigenvalue weighted by Gasteiger charge is -2.33. The van der Waals surface area contributed by atoms with E-state index in [4.69, 9.17) is 10.5 Å². The van der Waals surface area contributed by atoms with Gasteiger partial charge in [0.15, 0.2) is 5.67 Å². The number of hydrogen-bond acceptors (Lipinski definition) is 3. The zero-order valence-electron chi connectivity index (χ0n) is 6.56. The molecule has 1 aliphatic rings. The molecule has 64 valence electrons. The highest BCUT2D eigenvalue weighted by atomic mass is 19.1. The van der Waals surface area contributed by atoms with Gasteiger partial charge in [0.2, 0.25) is 0 Å². The summed E-state index contributed by atoms with van der Waals surface area (Å²) < 4.78 is 17.8. The molecular weight excluding hydrogens is 147 g/mol. The van der Waals surface area contributed by atoms with Gasteiger partial charge in [-0.05, 0) is 6.92 Å². The van der Waals surface area contributed by atoms with Gasteiger partial charge in [-0.15, -0.1) is 0 Å². The first-order valence-corrected chi connectivity index (χ1v) is 3.55. The summed E-state index contributed by atoms with van der Waals surface area (Å²) in [5.41, 5.74) is 4.80. The van der Waals surface area contributed by atoms with E-state index in [0.717, 1.165) is 0 Å². The molecule has 0 aromatic heterocycles. The highest BCUT2D eigenvalue weighted by molar-refractivity contribution is 4.94. The number of ether oxygens (including phenoxy) is 1. The Labute approximate surface area is 65.4 Å². The molecule has 0 spiro atoms. The van der Waals surface area contributed by atoms with E-state index in [1.54, 1.807) is 13.1 Å². The second kappa shape index (κ2) is 3.09. The Balaban J connectivity index is 2.16. The summed E-state index contributed by atoms with van der Waals surface area (Å²) in [6.45, 7) is 2.41. The first-order chi connectivity index (χ1) is 5.12. The van der Waals surface area contributed by atoms with Crippen molar-refractivity contribution in [2.45, 2.75) is 12.6 Å². The molecule has 1 saturated heterocycles. The second-order valence-electron chi connectivity index (χ2n) is 2.91. The molecule has 0 saturated carbocycles. The van der Waals surface area contributed by atoms with Crippen LogP contribution in [0.25, 0.3) is 0 Å². The number of hydrogen-bond donors (Lipinski definition) is 2. The standard InChI is InChI=1S/C7H13FN2O/c1-6(9)2-10-3-7(8)4-11-5-7/h2,10H,3-5,9H2,1H3/b6-2-. The highest BCUT2D eigenvalue weighted by Gasteiger charge is 2.38. The molecule has 1 fully saturated rings. The van der Waals surface area contributed by atoms with Crippen molar-refractivity contribution < 1.29 is 9.13 Å². The van der Waals surface area contributed by atoms with E-state index in [-0.39, 0.29) is 19.8 Å². The molecule has 0 bridgehead atoms. The lowest BCUT2D eigenvalue weighted by atomic mass is 10.1. The quantitative estimate of drug-likeness (QED) is 0.617. The number of nitrogens with one attached hydrogen (secondary N) is 1. The molecule has 0 atom stereocenters. The summed E-state index contributed by atoms with van der Waals surface area (Å²) in [4.78, 5) is 0. The van der Waals surface area contributed by atoms with Crippen LogP contribution in [0.4, 0.5) is 4.39 Å². The first kappa shape index (κ1) is 8.33. The van der Waals surface area contributed by atoms with Crippen LogP contribution in [0, 0.1) is 0 Å². The molecule has 0 aliphatic carbocycles. The van der Waals surface area contributed by atoms with Crippen LogP contribution in [0.5, 0.6) is 0 Å². The summed E-state index contributed by atoms with van der Waals surface area (Å²) in [5.74, 6) is 0. The van der Waals surface area contributed by atoms with Gasteiger partial charge in [0.1, 0.15) is 0 Å². The second-order valence-corrected chi connectivity index (χ2v) is 2.91. The molecule has 4 heteroatoms. The summed E-state index contributed by atoms with van der Waals surface area (Å²) in [6, 6.07) is 0. The number of allylic oxidation sites excluding steroid dienone is 1. The Bertz CT molecular complexity index is 162. The molecular formula is C7H13FN2O. The largest absolute Gasteiger partial charge is 0.401 e. The Kier molecular flexibility index (Phi) is 2.34. The summed E-state index contributed by atoms with van der Waals surface area (Å²) in [7, 11) is 0. The fraction of sp³-hybridized carbons (Fsp3) is 0.714. The number of rotatable bonds is 3. The summed E-state index contributed by atoms with van der Waals surface area (Å²) in [5, 5.41) is 2.79. The maximum absolute atomic E-state index is 13.1. The van der Waals surface area contributed by atoms with Crippen molar-refractivity contribution >= 4 is 0 Å². The predicted octanol–water partition coefficient (Wildman–Crippen LogP) is 0.135. The van der Waals surface area contributed by atoms with E-state index in [0.29, 0.717) is 5.70 Å². The van der Waals surface area contributed by atoms with Gasteiger partial charge in [-0.2, -0.15) is 0 Å². The zero-order chi connectivity index (χ0) is 8.32. The molecule has 11 heavy (non-hydrogen) atoms. The fourth-order valence-corrected chi connectivity index (χ4v) is 0.821. The van der Waals surface area contributed by atoms with Crippen molar-refractivity contribution in [2.75, 3.05) is 19.8 Å². The Morgan fingerprint density at radius 1 is 1.82 bits per heavy atom. The number of nitrogens with two attached hydrogens (primary N) is 1. The molecule has 1 rings (SSSR count). The number of alkyl halides is 1. The molecule has 0 unspecified atom stereocenters. The van der Waals surface area contributed by atoms with Crippen LogP contribution in [-0.4, -0.2) is 25.4 Å². The summed E-state index contributed by atoms with van der Waals surface area (Å²) in [6.07, 6.45) is 1.60. The Hall–Kier alpha value is -0.770. The van der Waals surface area contributed by atoms with E-state index in [2.05, 4.69) is 5.32 Å². The van der Waals surface area contributed by atoms with Crippen molar-refractivity contribution in [1.82, 2.24) is 5.32 Å². The van der Waals surface area contributed by atoms with Crippen LogP contribution in [0.3, 0.4) is 0 Å². The average Bonchev–Trinajstić information content (AvgIpc) is 1.83. The van der Waals surface area contributed by atoms with Crippen LogP contribution in [0.1, 0.15) is 6.92 Å². The van der Waals surface area contributed by atoms with E-state index >= 15 is 0 Å².